The number of aromatic nitrogens is 2. The lowest BCUT2D eigenvalue weighted by Gasteiger charge is -2.38. The van der Waals surface area contributed by atoms with Crippen molar-refractivity contribution in [1.29, 1.82) is 0 Å². The highest BCUT2D eigenvalue weighted by Gasteiger charge is 2.35. The van der Waals surface area contributed by atoms with E-state index in [9.17, 15) is 9.90 Å². The van der Waals surface area contributed by atoms with Gasteiger partial charge >= 0.3 is 0 Å². The molecule has 150 valence electrons. The summed E-state index contributed by atoms with van der Waals surface area (Å²) in [5.74, 6) is -0.00127. The number of anilines is 1. The molecule has 0 bridgehead atoms. The minimum atomic E-state index is -0.328. The van der Waals surface area contributed by atoms with E-state index in [0.717, 1.165) is 28.2 Å². The first-order valence-electron chi connectivity index (χ1n) is 9.86. The van der Waals surface area contributed by atoms with Gasteiger partial charge in [0.1, 0.15) is 6.17 Å². The number of nitrogens with zero attached hydrogens (tertiary/aromatic N) is 3. The normalized spacial score (nSPS) is 15.9. The van der Waals surface area contributed by atoms with Gasteiger partial charge in [-0.05, 0) is 38.5 Å². The second kappa shape index (κ2) is 7.72. The molecule has 6 nitrogen and oxygen atoms in total. The van der Waals surface area contributed by atoms with Crippen molar-refractivity contribution < 1.29 is 9.90 Å². The maximum Gasteiger partial charge on any atom is 0.258 e. The van der Waals surface area contributed by atoms with Crippen LogP contribution in [-0.2, 0) is 13.1 Å². The fourth-order valence-electron chi connectivity index (χ4n) is 3.99. The molecule has 1 atom stereocenters. The van der Waals surface area contributed by atoms with E-state index in [1.54, 1.807) is 4.68 Å². The summed E-state index contributed by atoms with van der Waals surface area (Å²) in [5.41, 5.74) is 6.56. The first-order valence-corrected chi connectivity index (χ1v) is 9.86. The van der Waals surface area contributed by atoms with Gasteiger partial charge in [-0.2, -0.15) is 5.10 Å². The van der Waals surface area contributed by atoms with E-state index in [0.29, 0.717) is 18.7 Å². The molecule has 6 heteroatoms. The van der Waals surface area contributed by atoms with Crippen LogP contribution in [0.4, 0.5) is 5.69 Å². The number of carbonyl (C=O) groups is 1. The number of fused-ring (bicyclic) bond motifs is 1. The van der Waals surface area contributed by atoms with Crippen molar-refractivity contribution in [3.63, 3.8) is 0 Å². The third-order valence-electron chi connectivity index (χ3n) is 5.52. The summed E-state index contributed by atoms with van der Waals surface area (Å²) in [5, 5.41) is 17.5. The van der Waals surface area contributed by atoms with E-state index >= 15 is 0 Å². The van der Waals surface area contributed by atoms with Crippen LogP contribution >= 0.6 is 0 Å². The lowest BCUT2D eigenvalue weighted by molar-refractivity contribution is 0.0665. The van der Waals surface area contributed by atoms with Gasteiger partial charge in [-0.25, -0.2) is 0 Å². The third kappa shape index (κ3) is 3.51. The third-order valence-corrected chi connectivity index (χ3v) is 5.52. The molecule has 1 unspecified atom stereocenters. The van der Waals surface area contributed by atoms with Crippen molar-refractivity contribution in [1.82, 2.24) is 14.7 Å². The predicted molar refractivity (Wildman–Crippen MR) is 113 cm³/mol. The van der Waals surface area contributed by atoms with Gasteiger partial charge in [0, 0.05) is 23.5 Å². The van der Waals surface area contributed by atoms with Crippen LogP contribution in [0.25, 0.3) is 0 Å². The number of rotatable bonds is 5. The van der Waals surface area contributed by atoms with E-state index in [-0.39, 0.29) is 18.7 Å². The second-order valence-electron chi connectivity index (χ2n) is 7.54. The van der Waals surface area contributed by atoms with Crippen molar-refractivity contribution in [2.75, 3.05) is 11.9 Å². The van der Waals surface area contributed by atoms with Crippen LogP contribution < -0.4 is 5.32 Å². The maximum atomic E-state index is 13.4. The van der Waals surface area contributed by atoms with Crippen molar-refractivity contribution in [3.05, 3.63) is 82.2 Å². The van der Waals surface area contributed by atoms with Crippen LogP contribution in [0.15, 0.2) is 48.5 Å². The number of nitrogens with one attached hydrogen (secondary N) is 1. The van der Waals surface area contributed by atoms with Crippen LogP contribution in [0, 0.1) is 20.8 Å². The summed E-state index contributed by atoms with van der Waals surface area (Å²) in [6, 6.07) is 15.9. The lowest BCUT2D eigenvalue weighted by Crippen LogP contribution is -2.42. The van der Waals surface area contributed by atoms with Gasteiger partial charge in [-0.15, -0.1) is 0 Å². The predicted octanol–water partition coefficient (Wildman–Crippen LogP) is 3.57. The summed E-state index contributed by atoms with van der Waals surface area (Å²) in [7, 11) is 0. The van der Waals surface area contributed by atoms with Crippen LogP contribution in [0.1, 0.15) is 44.6 Å². The zero-order valence-corrected chi connectivity index (χ0v) is 17.0. The highest BCUT2D eigenvalue weighted by molar-refractivity contribution is 6.01. The smallest absolute Gasteiger partial charge is 0.258 e. The summed E-state index contributed by atoms with van der Waals surface area (Å²) < 4.78 is 1.81. The number of carbonyl (C=O) groups excluding carboxylic acids is 1. The van der Waals surface area contributed by atoms with E-state index in [1.807, 2.05) is 43.0 Å². The first-order chi connectivity index (χ1) is 14.0. The average Bonchev–Trinajstić information content (AvgIpc) is 2.99. The van der Waals surface area contributed by atoms with E-state index in [4.69, 9.17) is 0 Å². The Hall–Kier alpha value is -3.12. The number of aliphatic hydroxyl groups excluding tert-OH is 1. The zero-order valence-electron chi connectivity index (χ0n) is 17.0. The molecule has 1 aliphatic heterocycles. The van der Waals surface area contributed by atoms with Gasteiger partial charge in [-0.1, -0.05) is 42.0 Å². The van der Waals surface area contributed by atoms with Crippen LogP contribution in [-0.4, -0.2) is 32.3 Å². The Morgan fingerprint density at radius 3 is 2.52 bits per heavy atom. The Morgan fingerprint density at radius 2 is 1.79 bits per heavy atom. The molecule has 29 heavy (non-hydrogen) atoms. The minimum absolute atomic E-state index is 0.00127. The van der Waals surface area contributed by atoms with Crippen LogP contribution in [0.5, 0.6) is 0 Å². The highest BCUT2D eigenvalue weighted by atomic mass is 16.3. The van der Waals surface area contributed by atoms with E-state index in [1.165, 1.54) is 5.56 Å². The number of aryl methyl sites for hydroxylation is 2. The molecule has 2 aromatic carbocycles. The fraction of sp³-hybridized carbons (Fsp3) is 0.304. The summed E-state index contributed by atoms with van der Waals surface area (Å²) in [4.78, 5) is 15.3. The summed E-state index contributed by atoms with van der Waals surface area (Å²) >= 11 is 0. The zero-order chi connectivity index (χ0) is 20.5. The molecule has 4 rings (SSSR count). The summed E-state index contributed by atoms with van der Waals surface area (Å²) in [6.45, 7) is 6.94. The van der Waals surface area contributed by atoms with Gasteiger partial charge in [0.2, 0.25) is 0 Å². The Labute approximate surface area is 170 Å². The number of hydrogen-bond donors (Lipinski definition) is 2. The SMILES string of the molecule is Cc1ccc(CN2C(=O)c3ccccc3NC2c2c(C)nn(CCO)c2C)cc1. The number of benzene rings is 2. The minimum Gasteiger partial charge on any atom is -0.394 e. The van der Waals surface area contributed by atoms with Gasteiger partial charge in [0.25, 0.3) is 5.91 Å². The quantitative estimate of drug-likeness (QED) is 0.699. The van der Waals surface area contributed by atoms with E-state index in [2.05, 4.69) is 41.6 Å². The van der Waals surface area contributed by atoms with Crippen LogP contribution in [0.2, 0.25) is 0 Å². The summed E-state index contributed by atoms with van der Waals surface area (Å²) in [6.07, 6.45) is -0.328. The Bertz CT molecular complexity index is 1040. The molecule has 0 aliphatic carbocycles. The second-order valence-corrected chi connectivity index (χ2v) is 7.54. The molecule has 1 aliphatic rings. The molecule has 0 spiro atoms. The van der Waals surface area contributed by atoms with Crippen LogP contribution in [0.3, 0.4) is 0 Å². The largest absolute Gasteiger partial charge is 0.394 e. The molecular formula is C23H26N4O2. The van der Waals surface area contributed by atoms with Crippen molar-refractivity contribution in [3.8, 4) is 0 Å². The molecule has 2 heterocycles. The van der Waals surface area contributed by atoms with Gasteiger partial charge in [0.15, 0.2) is 0 Å². The van der Waals surface area contributed by atoms with Gasteiger partial charge in [0.05, 0.1) is 24.4 Å². The number of amides is 1. The van der Waals surface area contributed by atoms with Crippen molar-refractivity contribution >= 4 is 11.6 Å². The maximum absolute atomic E-state index is 13.4. The molecule has 1 aromatic heterocycles. The molecular weight excluding hydrogens is 364 g/mol. The molecule has 0 radical (unpaired) electrons. The Balaban J connectivity index is 1.79. The molecule has 0 saturated carbocycles. The number of aliphatic hydroxyl groups is 1. The number of para-hydroxylation sites is 1. The topological polar surface area (TPSA) is 70.4 Å². The van der Waals surface area contributed by atoms with Gasteiger partial charge in [-0.3, -0.25) is 9.48 Å². The lowest BCUT2D eigenvalue weighted by atomic mass is 10.0. The van der Waals surface area contributed by atoms with Crippen molar-refractivity contribution in [2.24, 2.45) is 0 Å². The van der Waals surface area contributed by atoms with Crippen molar-refractivity contribution in [2.45, 2.75) is 40.0 Å². The Morgan fingerprint density at radius 1 is 1.07 bits per heavy atom. The first kappa shape index (κ1) is 19.2. The molecule has 0 fully saturated rings. The number of hydrogen-bond acceptors (Lipinski definition) is 4. The fourth-order valence-corrected chi connectivity index (χ4v) is 3.99. The molecule has 3 aromatic rings. The molecule has 1 amide bonds. The average molecular weight is 390 g/mol. The Kier molecular flexibility index (Phi) is 5.11. The molecule has 2 N–H and O–H groups in total. The standard InChI is InChI=1S/C23H26N4O2/c1-15-8-10-18(11-9-15)14-26-22(21-16(2)25-27(12-13-28)17(21)3)24-20-7-5-4-6-19(20)23(26)29/h4-11,22,24,28H,12-14H2,1-3H3. The van der Waals surface area contributed by atoms with E-state index < -0.39 is 0 Å². The van der Waals surface area contributed by atoms with Gasteiger partial charge < -0.3 is 15.3 Å². The monoisotopic (exact) mass is 390 g/mol. The molecule has 0 saturated heterocycles. The highest BCUT2D eigenvalue weighted by Crippen LogP contribution is 2.36.